The van der Waals surface area contributed by atoms with Crippen LogP contribution in [0, 0.1) is 6.92 Å². The highest BCUT2D eigenvalue weighted by atomic mass is 16.4. The number of nitrogens with one attached hydrogen (secondary N) is 1. The lowest BCUT2D eigenvalue weighted by Crippen LogP contribution is -3.16. The van der Waals surface area contributed by atoms with E-state index in [0.29, 0.717) is 12.3 Å². The van der Waals surface area contributed by atoms with Gasteiger partial charge in [-0.15, -0.1) is 0 Å². The Morgan fingerprint density at radius 2 is 1.73 bits per heavy atom. The molecule has 0 aliphatic carbocycles. The minimum Gasteiger partial charge on any atom is -0.542 e. The molecular formula is C18H23NO3. The summed E-state index contributed by atoms with van der Waals surface area (Å²) in [6.45, 7) is 10.1. The minimum atomic E-state index is -1.28. The number of hydrogen-bond acceptors (Lipinski definition) is 3. The first-order valence-electron chi connectivity index (χ1n) is 7.46. The number of hydrogen-bond donors (Lipinski definition) is 1. The third-order valence-corrected chi connectivity index (χ3v) is 3.85. The van der Waals surface area contributed by atoms with Crippen molar-refractivity contribution in [2.75, 3.05) is 0 Å². The van der Waals surface area contributed by atoms with Gasteiger partial charge in [0.25, 0.3) is 0 Å². The summed E-state index contributed by atoms with van der Waals surface area (Å²) in [5, 5.41) is 10.8. The van der Waals surface area contributed by atoms with Gasteiger partial charge in [-0.2, -0.15) is 0 Å². The molecule has 1 aromatic heterocycles. The Bertz CT molecular complexity index is 635. The van der Waals surface area contributed by atoms with Crippen molar-refractivity contribution in [1.82, 2.24) is 0 Å². The first-order chi connectivity index (χ1) is 10.3. The average Bonchev–Trinajstić information content (AvgIpc) is 2.88. The standard InChI is InChI=1S/C18H23NO3/c1-13-5-7-14(8-6-13)11-19(18(2,3)4)12-15-9-10-16(22-15)17(20)21/h5-10H,11-12H2,1-4H3,(H,20,21). The highest BCUT2D eigenvalue weighted by Crippen LogP contribution is 2.08. The Morgan fingerprint density at radius 3 is 2.23 bits per heavy atom. The molecule has 1 heterocycles. The largest absolute Gasteiger partial charge is 0.542 e. The van der Waals surface area contributed by atoms with Gasteiger partial charge in [0.1, 0.15) is 24.8 Å². The summed E-state index contributed by atoms with van der Waals surface area (Å²) in [7, 11) is 0. The second-order valence-corrected chi connectivity index (χ2v) is 6.75. The van der Waals surface area contributed by atoms with Crippen LogP contribution >= 0.6 is 0 Å². The highest BCUT2D eigenvalue weighted by molar-refractivity contribution is 5.82. The van der Waals surface area contributed by atoms with E-state index in [2.05, 4.69) is 52.0 Å². The maximum Gasteiger partial charge on any atom is 0.159 e. The van der Waals surface area contributed by atoms with E-state index in [1.807, 2.05) is 0 Å². The Balaban J connectivity index is 2.15. The molecule has 0 radical (unpaired) electrons. The van der Waals surface area contributed by atoms with Crippen LogP contribution in [-0.2, 0) is 13.1 Å². The Labute approximate surface area is 131 Å². The summed E-state index contributed by atoms with van der Waals surface area (Å²) >= 11 is 0. The molecule has 0 amide bonds. The Hall–Kier alpha value is -2.07. The van der Waals surface area contributed by atoms with Crippen molar-refractivity contribution in [2.24, 2.45) is 0 Å². The fourth-order valence-corrected chi connectivity index (χ4v) is 2.34. The van der Waals surface area contributed by atoms with Gasteiger partial charge in [0.05, 0.1) is 5.54 Å². The molecular weight excluding hydrogens is 278 g/mol. The molecule has 2 aromatic rings. The van der Waals surface area contributed by atoms with Crippen LogP contribution in [0.5, 0.6) is 0 Å². The number of quaternary nitrogens is 1. The molecule has 118 valence electrons. The smallest absolute Gasteiger partial charge is 0.159 e. The van der Waals surface area contributed by atoms with E-state index >= 15 is 0 Å². The number of furan rings is 1. The number of carboxylic acids is 1. The average molecular weight is 301 g/mol. The predicted molar refractivity (Wildman–Crippen MR) is 82.3 cm³/mol. The van der Waals surface area contributed by atoms with Crippen molar-refractivity contribution < 1.29 is 19.2 Å². The number of benzene rings is 1. The van der Waals surface area contributed by atoms with Crippen molar-refractivity contribution in [2.45, 2.75) is 46.3 Å². The van der Waals surface area contributed by atoms with Gasteiger partial charge >= 0.3 is 0 Å². The fraction of sp³-hybridized carbons (Fsp3) is 0.389. The molecule has 2 rings (SSSR count). The van der Waals surface area contributed by atoms with E-state index in [0.717, 1.165) is 6.54 Å². The molecule has 0 saturated heterocycles. The monoisotopic (exact) mass is 301 g/mol. The zero-order chi connectivity index (χ0) is 16.3. The van der Waals surface area contributed by atoms with Crippen LogP contribution in [0.3, 0.4) is 0 Å². The van der Waals surface area contributed by atoms with Crippen molar-refractivity contribution in [3.8, 4) is 0 Å². The lowest BCUT2D eigenvalue weighted by molar-refractivity contribution is -0.973. The molecule has 1 unspecified atom stereocenters. The maximum absolute atomic E-state index is 10.8. The molecule has 22 heavy (non-hydrogen) atoms. The number of aromatic carboxylic acids is 1. The number of aryl methyl sites for hydroxylation is 1. The molecule has 4 heteroatoms. The molecule has 0 fully saturated rings. The lowest BCUT2D eigenvalue weighted by Gasteiger charge is -2.32. The van der Waals surface area contributed by atoms with Gasteiger partial charge in [-0.3, -0.25) is 0 Å². The van der Waals surface area contributed by atoms with Crippen molar-refractivity contribution in [3.63, 3.8) is 0 Å². The van der Waals surface area contributed by atoms with Crippen LogP contribution in [0.15, 0.2) is 40.8 Å². The summed E-state index contributed by atoms with van der Waals surface area (Å²) in [6, 6.07) is 11.7. The first kappa shape index (κ1) is 16.3. The van der Waals surface area contributed by atoms with E-state index in [9.17, 15) is 9.90 Å². The van der Waals surface area contributed by atoms with Crippen LogP contribution < -0.4 is 10.0 Å². The predicted octanol–water partition coefficient (Wildman–Crippen LogP) is 1.34. The van der Waals surface area contributed by atoms with E-state index < -0.39 is 5.97 Å². The van der Waals surface area contributed by atoms with Crippen LogP contribution in [0.4, 0.5) is 0 Å². The number of carboxylic acid groups (broad SMARTS) is 1. The fourth-order valence-electron chi connectivity index (χ4n) is 2.34. The summed E-state index contributed by atoms with van der Waals surface area (Å²) in [4.78, 5) is 12.1. The normalized spacial score (nSPS) is 13.1. The van der Waals surface area contributed by atoms with E-state index in [1.54, 1.807) is 6.07 Å². The topological polar surface area (TPSA) is 57.7 Å². The number of rotatable bonds is 5. The molecule has 0 spiro atoms. The van der Waals surface area contributed by atoms with Gasteiger partial charge in [0.2, 0.25) is 0 Å². The Kier molecular flexibility index (Phi) is 4.71. The van der Waals surface area contributed by atoms with E-state index in [-0.39, 0.29) is 11.3 Å². The van der Waals surface area contributed by atoms with E-state index in [4.69, 9.17) is 4.42 Å². The van der Waals surface area contributed by atoms with Gasteiger partial charge in [0.15, 0.2) is 5.76 Å². The summed E-state index contributed by atoms with van der Waals surface area (Å²) in [5.74, 6) is -0.725. The van der Waals surface area contributed by atoms with E-state index in [1.165, 1.54) is 22.1 Å². The molecule has 0 aliphatic heterocycles. The lowest BCUT2D eigenvalue weighted by atomic mass is 10.0. The molecule has 1 N–H and O–H groups in total. The van der Waals surface area contributed by atoms with Crippen molar-refractivity contribution >= 4 is 5.97 Å². The SMILES string of the molecule is Cc1ccc(C[NH+](Cc2ccc(C(=O)[O-])o2)C(C)(C)C)cc1. The second-order valence-electron chi connectivity index (χ2n) is 6.75. The zero-order valence-corrected chi connectivity index (χ0v) is 13.6. The second kappa shape index (κ2) is 6.36. The van der Waals surface area contributed by atoms with Crippen molar-refractivity contribution in [1.29, 1.82) is 0 Å². The van der Waals surface area contributed by atoms with Crippen LogP contribution in [-0.4, -0.2) is 11.5 Å². The molecule has 1 aromatic carbocycles. The highest BCUT2D eigenvalue weighted by Gasteiger charge is 2.26. The molecule has 4 nitrogen and oxygen atoms in total. The summed E-state index contributed by atoms with van der Waals surface area (Å²) in [6.07, 6.45) is 0. The molecule has 0 saturated carbocycles. The summed E-state index contributed by atoms with van der Waals surface area (Å²) < 4.78 is 5.34. The van der Waals surface area contributed by atoms with Crippen LogP contribution in [0.25, 0.3) is 0 Å². The first-order valence-corrected chi connectivity index (χ1v) is 7.46. The Morgan fingerprint density at radius 1 is 1.09 bits per heavy atom. The molecule has 1 atom stereocenters. The van der Waals surface area contributed by atoms with Crippen molar-refractivity contribution in [3.05, 3.63) is 59.0 Å². The minimum absolute atomic E-state index is 0.0132. The van der Waals surface area contributed by atoms with Crippen LogP contribution in [0.2, 0.25) is 0 Å². The van der Waals surface area contributed by atoms with Gasteiger partial charge in [-0.25, -0.2) is 0 Å². The third-order valence-electron chi connectivity index (χ3n) is 3.85. The van der Waals surface area contributed by atoms with Gasteiger partial charge in [-0.05, 0) is 39.8 Å². The third kappa shape index (κ3) is 4.21. The van der Waals surface area contributed by atoms with Gasteiger partial charge in [-0.1, -0.05) is 29.8 Å². The van der Waals surface area contributed by atoms with Gasteiger partial charge < -0.3 is 19.2 Å². The summed E-state index contributed by atoms with van der Waals surface area (Å²) in [5.41, 5.74) is 2.51. The van der Waals surface area contributed by atoms with Crippen LogP contribution in [0.1, 0.15) is 48.2 Å². The number of carbonyl (C=O) groups is 1. The molecule has 0 bridgehead atoms. The quantitative estimate of drug-likeness (QED) is 0.906. The maximum atomic E-state index is 10.8. The van der Waals surface area contributed by atoms with Gasteiger partial charge in [0, 0.05) is 5.56 Å². The molecule has 0 aliphatic rings. The number of carbonyl (C=O) groups excluding carboxylic acids is 1. The zero-order valence-electron chi connectivity index (χ0n) is 13.6.